The number of hydrogen-bond donors (Lipinski definition) is 0. The fraction of sp³-hybridized carbons (Fsp3) is 0.474. The first kappa shape index (κ1) is 15.5. The molecule has 0 amide bonds. The van der Waals surface area contributed by atoms with E-state index in [2.05, 4.69) is 20.9 Å². The number of rotatable bonds is 4. The molecule has 0 aliphatic carbocycles. The lowest BCUT2D eigenvalue weighted by atomic mass is 9.89. The third-order valence-electron chi connectivity index (χ3n) is 4.84. The zero-order valence-electron chi connectivity index (χ0n) is 13.8. The summed E-state index contributed by atoms with van der Waals surface area (Å²) in [6, 6.07) is 9.95. The Bertz CT molecular complexity index is 652. The molecule has 126 valence electrons. The molecule has 2 aromatic rings. The topological polar surface area (TPSA) is 47.5 Å². The van der Waals surface area contributed by atoms with E-state index in [4.69, 9.17) is 9.47 Å². The predicted molar refractivity (Wildman–Crippen MR) is 90.7 cm³/mol. The van der Waals surface area contributed by atoms with Crippen LogP contribution in [0.2, 0.25) is 0 Å². The van der Waals surface area contributed by atoms with Crippen molar-refractivity contribution in [2.45, 2.75) is 37.5 Å². The summed E-state index contributed by atoms with van der Waals surface area (Å²) < 4.78 is 12.3. The van der Waals surface area contributed by atoms with E-state index >= 15 is 0 Å². The lowest BCUT2D eigenvalue weighted by Gasteiger charge is -2.39. The number of hydrogen-bond acceptors (Lipinski definition) is 5. The summed E-state index contributed by atoms with van der Waals surface area (Å²) in [5, 5.41) is 0. The molecule has 2 aliphatic heterocycles. The minimum absolute atomic E-state index is 0.0695. The second kappa shape index (κ2) is 6.87. The third-order valence-corrected chi connectivity index (χ3v) is 4.84. The second-order valence-corrected chi connectivity index (χ2v) is 6.76. The van der Waals surface area contributed by atoms with Gasteiger partial charge in [0, 0.05) is 31.9 Å². The Morgan fingerprint density at radius 1 is 1.25 bits per heavy atom. The molecule has 0 radical (unpaired) electrons. The van der Waals surface area contributed by atoms with Gasteiger partial charge in [-0.1, -0.05) is 6.07 Å². The number of aromatic nitrogens is 2. The molecule has 0 unspecified atom stereocenters. The molecule has 0 aromatic carbocycles. The Kier molecular flexibility index (Phi) is 4.45. The van der Waals surface area contributed by atoms with Crippen LogP contribution in [0.5, 0.6) is 5.75 Å². The highest BCUT2D eigenvalue weighted by atomic mass is 16.6. The molecule has 0 N–H and O–H groups in total. The summed E-state index contributed by atoms with van der Waals surface area (Å²) in [4.78, 5) is 11.0. The second-order valence-electron chi connectivity index (χ2n) is 6.76. The van der Waals surface area contributed by atoms with Gasteiger partial charge in [-0.25, -0.2) is 0 Å². The monoisotopic (exact) mass is 325 g/mol. The van der Waals surface area contributed by atoms with Crippen LogP contribution >= 0.6 is 0 Å². The van der Waals surface area contributed by atoms with Crippen molar-refractivity contribution in [3.05, 3.63) is 54.6 Å². The van der Waals surface area contributed by atoms with Gasteiger partial charge in [-0.15, -0.1) is 0 Å². The normalized spacial score (nSPS) is 27.4. The number of nitrogens with zero attached hydrogens (tertiary/aromatic N) is 3. The van der Waals surface area contributed by atoms with Gasteiger partial charge in [0.25, 0.3) is 0 Å². The Hall–Kier alpha value is -1.98. The van der Waals surface area contributed by atoms with Crippen molar-refractivity contribution in [3.63, 3.8) is 0 Å². The van der Waals surface area contributed by atoms with Crippen LogP contribution in [0, 0.1) is 0 Å². The van der Waals surface area contributed by atoms with Crippen molar-refractivity contribution in [2.24, 2.45) is 0 Å². The van der Waals surface area contributed by atoms with Crippen LogP contribution in [-0.4, -0.2) is 46.3 Å². The summed E-state index contributed by atoms with van der Waals surface area (Å²) in [7, 11) is 0. The zero-order valence-corrected chi connectivity index (χ0v) is 13.8. The third kappa shape index (κ3) is 3.57. The van der Waals surface area contributed by atoms with Crippen LogP contribution in [0.15, 0.2) is 48.9 Å². The van der Waals surface area contributed by atoms with Gasteiger partial charge in [0.15, 0.2) is 0 Å². The summed E-state index contributed by atoms with van der Waals surface area (Å²) >= 11 is 0. The summed E-state index contributed by atoms with van der Waals surface area (Å²) in [6.07, 6.45) is 8.71. The van der Waals surface area contributed by atoms with E-state index in [9.17, 15) is 0 Å². The molecule has 4 rings (SSSR count). The van der Waals surface area contributed by atoms with E-state index < -0.39 is 0 Å². The molecule has 1 spiro atoms. The minimum atomic E-state index is -0.0695. The highest BCUT2D eigenvalue weighted by Crippen LogP contribution is 2.36. The molecule has 2 atom stereocenters. The number of pyridine rings is 2. The Balaban J connectivity index is 1.37. The maximum atomic E-state index is 6.23. The van der Waals surface area contributed by atoms with Crippen molar-refractivity contribution >= 4 is 0 Å². The number of likely N-dealkylation sites (tertiary alicyclic amines) is 1. The molecule has 2 aliphatic rings. The zero-order chi connectivity index (χ0) is 16.2. The molecule has 2 saturated heterocycles. The van der Waals surface area contributed by atoms with Crippen molar-refractivity contribution in [3.8, 4) is 5.75 Å². The lowest BCUT2D eigenvalue weighted by molar-refractivity contribution is -0.0540. The molecule has 2 aromatic heterocycles. The highest BCUT2D eigenvalue weighted by molar-refractivity contribution is 5.16. The molecule has 0 bridgehead atoms. The first-order valence-corrected chi connectivity index (χ1v) is 8.64. The van der Waals surface area contributed by atoms with Gasteiger partial charge < -0.3 is 9.47 Å². The van der Waals surface area contributed by atoms with Crippen LogP contribution in [-0.2, 0) is 11.3 Å². The van der Waals surface area contributed by atoms with Crippen LogP contribution in [0.3, 0.4) is 0 Å². The average molecular weight is 325 g/mol. The molecule has 5 nitrogen and oxygen atoms in total. The van der Waals surface area contributed by atoms with E-state index in [1.165, 1.54) is 0 Å². The Labute approximate surface area is 142 Å². The standard InChI is InChI=1S/C19H23N3O2/c1-2-9-21-16(5-1)13-22-10-4-7-19(15-22)11-18(14-23-19)24-17-6-3-8-20-12-17/h1-3,5-6,8-9,12,18H,4,7,10-11,13-15H2/t18-,19+/m1/s1. The molecule has 24 heavy (non-hydrogen) atoms. The number of ether oxygens (including phenoxy) is 2. The van der Waals surface area contributed by atoms with Crippen molar-refractivity contribution in [2.75, 3.05) is 19.7 Å². The maximum Gasteiger partial charge on any atom is 0.138 e. The van der Waals surface area contributed by atoms with Crippen molar-refractivity contribution in [1.29, 1.82) is 0 Å². The quantitative estimate of drug-likeness (QED) is 0.865. The molecule has 5 heteroatoms. The summed E-state index contributed by atoms with van der Waals surface area (Å²) in [6.45, 7) is 3.61. The SMILES string of the molecule is c1ccc(CN2CCC[C@]3(C[C@@H](Oc4cccnc4)CO3)C2)nc1. The molecule has 4 heterocycles. The molecule has 2 fully saturated rings. The Morgan fingerprint density at radius 2 is 2.25 bits per heavy atom. The first-order valence-electron chi connectivity index (χ1n) is 8.64. The highest BCUT2D eigenvalue weighted by Gasteiger charge is 2.44. The van der Waals surface area contributed by atoms with Gasteiger partial charge in [-0.05, 0) is 43.7 Å². The molecular formula is C19H23N3O2. The van der Waals surface area contributed by atoms with Gasteiger partial charge in [0.1, 0.15) is 11.9 Å². The van der Waals surface area contributed by atoms with Crippen molar-refractivity contribution < 1.29 is 9.47 Å². The van der Waals surface area contributed by atoms with E-state index in [0.29, 0.717) is 6.61 Å². The number of piperidine rings is 1. The fourth-order valence-corrected chi connectivity index (χ4v) is 3.82. The summed E-state index contributed by atoms with van der Waals surface area (Å²) in [5.74, 6) is 0.823. The van der Waals surface area contributed by atoms with E-state index in [0.717, 1.165) is 50.3 Å². The predicted octanol–water partition coefficient (Wildman–Crippen LogP) is 2.68. The largest absolute Gasteiger partial charge is 0.486 e. The van der Waals surface area contributed by atoms with E-state index in [1.54, 1.807) is 12.4 Å². The van der Waals surface area contributed by atoms with Gasteiger partial charge in [-0.2, -0.15) is 0 Å². The van der Waals surface area contributed by atoms with E-state index in [-0.39, 0.29) is 11.7 Å². The Morgan fingerprint density at radius 3 is 3.08 bits per heavy atom. The van der Waals surface area contributed by atoms with Gasteiger partial charge in [-0.3, -0.25) is 14.9 Å². The average Bonchev–Trinajstić information content (AvgIpc) is 2.98. The summed E-state index contributed by atoms with van der Waals surface area (Å²) in [5.41, 5.74) is 1.05. The van der Waals surface area contributed by atoms with Gasteiger partial charge >= 0.3 is 0 Å². The van der Waals surface area contributed by atoms with Crippen LogP contribution < -0.4 is 4.74 Å². The van der Waals surface area contributed by atoms with Crippen LogP contribution in [0.4, 0.5) is 0 Å². The van der Waals surface area contributed by atoms with Crippen LogP contribution in [0.25, 0.3) is 0 Å². The fourth-order valence-electron chi connectivity index (χ4n) is 3.82. The van der Waals surface area contributed by atoms with Gasteiger partial charge in [0.2, 0.25) is 0 Å². The first-order chi connectivity index (χ1) is 11.8. The van der Waals surface area contributed by atoms with E-state index in [1.807, 2.05) is 30.5 Å². The van der Waals surface area contributed by atoms with Gasteiger partial charge in [0.05, 0.1) is 24.1 Å². The maximum absolute atomic E-state index is 6.23. The van der Waals surface area contributed by atoms with Crippen LogP contribution in [0.1, 0.15) is 25.0 Å². The minimum Gasteiger partial charge on any atom is -0.486 e. The molecular weight excluding hydrogens is 302 g/mol. The smallest absolute Gasteiger partial charge is 0.138 e. The molecule has 0 saturated carbocycles. The van der Waals surface area contributed by atoms with Crippen molar-refractivity contribution in [1.82, 2.24) is 14.9 Å². The lowest BCUT2D eigenvalue weighted by Crippen LogP contribution is -2.47.